The molecule has 2 N–H and O–H groups in total. The van der Waals surface area contributed by atoms with E-state index in [9.17, 15) is 19.6 Å². The summed E-state index contributed by atoms with van der Waals surface area (Å²) in [5, 5.41) is 16.2. The van der Waals surface area contributed by atoms with Gasteiger partial charge < -0.3 is 24.8 Å². The van der Waals surface area contributed by atoms with Gasteiger partial charge in [-0.25, -0.2) is 0 Å². The second kappa shape index (κ2) is 13.3. The van der Waals surface area contributed by atoms with E-state index in [0.717, 1.165) is 19.3 Å². The molecule has 2 bridgehead atoms. The normalized spacial score (nSPS) is 27.9. The molecule has 3 fully saturated rings. The molecule has 5 rings (SSSR count). The summed E-state index contributed by atoms with van der Waals surface area (Å²) in [5.41, 5.74) is 1.14. The Balaban J connectivity index is 1.29. The van der Waals surface area contributed by atoms with E-state index in [1.807, 2.05) is 25.1 Å². The number of hydrogen-bond acceptors (Lipinski definition) is 7. The molecule has 0 unspecified atom stereocenters. The standard InChI is InChI=1S/C35H43N3O6/c1-21(22-8-6-5-7-9-22)20-37-33(40)30-23-10-11-24(16-23)31(30)38-32(39)27-18-28(25(19-36)17-29(27)42-3)44-26-12-14-35(2,15-13-26)34(41)43-4/h5-9,17-18,21,23-24,26,30-31H,10-16,20H2,1-4H3,(H,37,40)(H,38,39)/t21-,23+,24-,26-,30-,31+,35+/m0/s1. The highest BCUT2D eigenvalue weighted by atomic mass is 16.5. The lowest BCUT2D eigenvalue weighted by atomic mass is 9.74. The molecule has 5 atom stereocenters. The molecule has 2 amide bonds. The lowest BCUT2D eigenvalue weighted by Gasteiger charge is -2.35. The summed E-state index contributed by atoms with van der Waals surface area (Å²) in [7, 11) is 2.86. The van der Waals surface area contributed by atoms with Crippen LogP contribution in [0.15, 0.2) is 42.5 Å². The van der Waals surface area contributed by atoms with Gasteiger partial charge in [-0.3, -0.25) is 14.4 Å². The minimum atomic E-state index is -0.555. The summed E-state index contributed by atoms with van der Waals surface area (Å²) in [6.45, 7) is 4.53. The third-order valence-corrected chi connectivity index (χ3v) is 10.1. The molecule has 9 heteroatoms. The Labute approximate surface area is 259 Å². The summed E-state index contributed by atoms with van der Waals surface area (Å²) in [5.74, 6) is 0.327. The number of nitrogens with zero attached hydrogens (tertiary/aromatic N) is 1. The van der Waals surface area contributed by atoms with Crippen LogP contribution in [0.5, 0.6) is 11.5 Å². The Morgan fingerprint density at radius 3 is 2.39 bits per heavy atom. The Morgan fingerprint density at radius 2 is 1.73 bits per heavy atom. The third kappa shape index (κ3) is 6.40. The fraction of sp³-hybridized carbons (Fsp3) is 0.543. The molecule has 234 valence electrons. The summed E-state index contributed by atoms with van der Waals surface area (Å²) in [6, 6.07) is 15.1. The molecule has 0 aliphatic heterocycles. The fourth-order valence-corrected chi connectivity index (χ4v) is 7.44. The smallest absolute Gasteiger partial charge is 0.311 e. The van der Waals surface area contributed by atoms with Crippen molar-refractivity contribution >= 4 is 17.8 Å². The average Bonchev–Trinajstić information content (AvgIpc) is 3.66. The van der Waals surface area contributed by atoms with E-state index < -0.39 is 5.41 Å². The molecule has 9 nitrogen and oxygen atoms in total. The second-order valence-electron chi connectivity index (χ2n) is 12.9. The van der Waals surface area contributed by atoms with E-state index in [-0.39, 0.29) is 70.5 Å². The Hall–Kier alpha value is -4.06. The third-order valence-electron chi connectivity index (χ3n) is 10.1. The minimum Gasteiger partial charge on any atom is -0.496 e. The molecular weight excluding hydrogens is 558 g/mol. The van der Waals surface area contributed by atoms with E-state index in [1.165, 1.54) is 25.8 Å². The SMILES string of the molecule is COc1cc(C#N)c(O[C@H]2CC[C@@](C)(C(=O)OC)CC2)cc1C(=O)N[C@@H]1[C@H]2CC[C@H](C2)[C@@H]1C(=O)NC[C@H](C)c1ccccc1. The molecule has 0 heterocycles. The maximum atomic E-state index is 13.8. The molecule has 0 saturated heterocycles. The number of benzene rings is 2. The zero-order valence-electron chi connectivity index (χ0n) is 26.1. The van der Waals surface area contributed by atoms with Gasteiger partial charge in [0.05, 0.1) is 42.8 Å². The highest BCUT2D eigenvalue weighted by molar-refractivity contribution is 5.98. The van der Waals surface area contributed by atoms with Gasteiger partial charge in [0.2, 0.25) is 5.91 Å². The maximum Gasteiger partial charge on any atom is 0.311 e. The van der Waals surface area contributed by atoms with Gasteiger partial charge in [-0.05, 0) is 81.3 Å². The van der Waals surface area contributed by atoms with Crippen molar-refractivity contribution < 1.29 is 28.6 Å². The van der Waals surface area contributed by atoms with Gasteiger partial charge in [-0.2, -0.15) is 5.26 Å². The van der Waals surface area contributed by atoms with Crippen molar-refractivity contribution in [1.29, 1.82) is 5.26 Å². The minimum absolute atomic E-state index is 0.0163. The number of carbonyl (C=O) groups is 3. The zero-order chi connectivity index (χ0) is 31.4. The van der Waals surface area contributed by atoms with Crippen molar-refractivity contribution in [1.82, 2.24) is 10.6 Å². The molecule has 3 aliphatic rings. The highest BCUT2D eigenvalue weighted by Gasteiger charge is 2.51. The van der Waals surface area contributed by atoms with Gasteiger partial charge in [0.15, 0.2) is 0 Å². The van der Waals surface area contributed by atoms with Crippen LogP contribution < -0.4 is 20.1 Å². The van der Waals surface area contributed by atoms with Crippen LogP contribution in [0.4, 0.5) is 0 Å². The van der Waals surface area contributed by atoms with Crippen molar-refractivity contribution in [2.45, 2.75) is 76.9 Å². The first kappa shape index (κ1) is 31.4. The van der Waals surface area contributed by atoms with Gasteiger partial charge in [-0.15, -0.1) is 0 Å². The van der Waals surface area contributed by atoms with Gasteiger partial charge in [0, 0.05) is 18.7 Å². The van der Waals surface area contributed by atoms with Crippen LogP contribution in [-0.4, -0.2) is 50.7 Å². The monoisotopic (exact) mass is 601 g/mol. The topological polar surface area (TPSA) is 127 Å². The van der Waals surface area contributed by atoms with Crippen LogP contribution in [0.3, 0.4) is 0 Å². The number of esters is 1. The lowest BCUT2D eigenvalue weighted by Crippen LogP contribution is -2.50. The van der Waals surface area contributed by atoms with Gasteiger partial charge in [0.25, 0.3) is 5.91 Å². The van der Waals surface area contributed by atoms with Crippen molar-refractivity contribution in [2.75, 3.05) is 20.8 Å². The Morgan fingerprint density at radius 1 is 1.02 bits per heavy atom. The summed E-state index contributed by atoms with van der Waals surface area (Å²) in [4.78, 5) is 39.6. The van der Waals surface area contributed by atoms with Crippen molar-refractivity contribution in [3.63, 3.8) is 0 Å². The Kier molecular flexibility index (Phi) is 9.48. The largest absolute Gasteiger partial charge is 0.496 e. The fourth-order valence-electron chi connectivity index (χ4n) is 7.44. The molecule has 2 aromatic rings. The van der Waals surface area contributed by atoms with E-state index in [0.29, 0.717) is 38.0 Å². The number of rotatable bonds is 10. The molecule has 44 heavy (non-hydrogen) atoms. The number of amides is 2. The summed E-state index contributed by atoms with van der Waals surface area (Å²) in [6.07, 6.45) is 5.12. The van der Waals surface area contributed by atoms with Crippen LogP contribution in [0.2, 0.25) is 0 Å². The van der Waals surface area contributed by atoms with Crippen molar-refractivity contribution in [3.8, 4) is 17.6 Å². The average molecular weight is 602 g/mol. The number of nitriles is 1. The molecule has 2 aromatic carbocycles. The molecule has 0 spiro atoms. The highest BCUT2D eigenvalue weighted by Crippen LogP contribution is 2.49. The van der Waals surface area contributed by atoms with E-state index in [2.05, 4.69) is 35.8 Å². The van der Waals surface area contributed by atoms with Crippen LogP contribution >= 0.6 is 0 Å². The first-order valence-electron chi connectivity index (χ1n) is 15.7. The van der Waals surface area contributed by atoms with Crippen LogP contribution in [0.25, 0.3) is 0 Å². The molecule has 3 saturated carbocycles. The predicted octanol–water partition coefficient (Wildman–Crippen LogP) is 5.13. The zero-order valence-corrected chi connectivity index (χ0v) is 26.1. The number of ether oxygens (including phenoxy) is 3. The van der Waals surface area contributed by atoms with E-state index in [1.54, 1.807) is 6.07 Å². The molecule has 0 radical (unpaired) electrons. The van der Waals surface area contributed by atoms with E-state index in [4.69, 9.17) is 14.2 Å². The summed E-state index contributed by atoms with van der Waals surface area (Å²) >= 11 is 0. The van der Waals surface area contributed by atoms with Crippen molar-refractivity contribution in [3.05, 3.63) is 59.2 Å². The first-order valence-corrected chi connectivity index (χ1v) is 15.7. The van der Waals surface area contributed by atoms with Gasteiger partial charge in [-0.1, -0.05) is 37.3 Å². The lowest BCUT2D eigenvalue weighted by molar-refractivity contribution is -0.154. The quantitative estimate of drug-likeness (QED) is 0.362. The molecule has 0 aromatic heterocycles. The van der Waals surface area contributed by atoms with Crippen LogP contribution in [0.1, 0.15) is 86.2 Å². The number of hydrogen-bond donors (Lipinski definition) is 2. The Bertz CT molecular complexity index is 1410. The molecule has 3 aliphatic carbocycles. The van der Waals surface area contributed by atoms with Gasteiger partial charge >= 0.3 is 5.97 Å². The number of carbonyl (C=O) groups excluding carboxylic acids is 3. The van der Waals surface area contributed by atoms with Crippen LogP contribution in [0, 0.1) is 34.5 Å². The van der Waals surface area contributed by atoms with Gasteiger partial charge in [0.1, 0.15) is 17.6 Å². The molecular formula is C35H43N3O6. The maximum absolute atomic E-state index is 13.8. The first-order chi connectivity index (χ1) is 21.2. The predicted molar refractivity (Wildman–Crippen MR) is 164 cm³/mol. The summed E-state index contributed by atoms with van der Waals surface area (Å²) < 4.78 is 16.8. The number of nitrogens with one attached hydrogen (secondary N) is 2. The number of fused-ring (bicyclic) bond motifs is 2. The second-order valence-corrected chi connectivity index (χ2v) is 12.9. The van der Waals surface area contributed by atoms with Crippen molar-refractivity contribution in [2.24, 2.45) is 23.2 Å². The van der Waals surface area contributed by atoms with Crippen LogP contribution in [-0.2, 0) is 14.3 Å². The van der Waals surface area contributed by atoms with E-state index >= 15 is 0 Å². The number of methoxy groups -OCH3 is 2.